The summed E-state index contributed by atoms with van der Waals surface area (Å²) in [6, 6.07) is 0. The average Bonchev–Trinajstić information content (AvgIpc) is 2.91. The third-order valence-electron chi connectivity index (χ3n) is 8.82. The van der Waals surface area contributed by atoms with E-state index in [0.717, 1.165) is 48.0 Å². The molecule has 0 N–H and O–H groups in total. The monoisotopic (exact) mass is 316 g/mol. The topological polar surface area (TPSA) is 9.23 Å². The van der Waals surface area contributed by atoms with Crippen LogP contribution in [-0.2, 0) is 4.74 Å². The van der Waals surface area contributed by atoms with Gasteiger partial charge in [-0.1, -0.05) is 13.0 Å². The van der Waals surface area contributed by atoms with Crippen LogP contribution in [0.1, 0.15) is 64.7 Å². The van der Waals surface area contributed by atoms with Crippen molar-refractivity contribution in [3.8, 4) is 0 Å². The van der Waals surface area contributed by atoms with E-state index in [9.17, 15) is 0 Å². The Hall–Kier alpha value is -0.300. The van der Waals surface area contributed by atoms with Gasteiger partial charge in [0, 0.05) is 13.7 Å². The van der Waals surface area contributed by atoms with E-state index in [1.54, 1.807) is 0 Å². The second kappa shape index (κ2) is 6.21. The fraction of sp³-hybridized carbons (Fsp3) is 0.909. The lowest BCUT2D eigenvalue weighted by molar-refractivity contribution is -0.0675. The zero-order chi connectivity index (χ0) is 16.0. The molecule has 1 heteroatoms. The summed E-state index contributed by atoms with van der Waals surface area (Å²) in [4.78, 5) is 0. The highest BCUT2D eigenvalue weighted by atomic mass is 16.5. The highest BCUT2D eigenvalue weighted by Gasteiger charge is 2.56. The zero-order valence-corrected chi connectivity index (χ0v) is 15.3. The maximum Gasteiger partial charge on any atom is 0.0490 e. The Bertz CT molecular complexity index is 443. The van der Waals surface area contributed by atoms with Gasteiger partial charge < -0.3 is 4.74 Å². The van der Waals surface area contributed by atoms with Crippen LogP contribution in [-0.4, -0.2) is 13.7 Å². The van der Waals surface area contributed by atoms with Crippen LogP contribution in [0.2, 0.25) is 0 Å². The Morgan fingerprint density at radius 3 is 2.61 bits per heavy atom. The van der Waals surface area contributed by atoms with Crippen molar-refractivity contribution in [2.45, 2.75) is 64.7 Å². The van der Waals surface area contributed by atoms with Crippen LogP contribution < -0.4 is 0 Å². The zero-order valence-electron chi connectivity index (χ0n) is 15.3. The SMILES string of the molecule is C=CC1CCC2C3CCC4CC(COC)CCC4C3CCC12C. The normalized spacial score (nSPS) is 52.3. The molecule has 8 atom stereocenters. The molecule has 4 rings (SSSR count). The number of hydrogen-bond acceptors (Lipinski definition) is 1. The molecule has 8 unspecified atom stereocenters. The Balaban J connectivity index is 1.49. The molecule has 0 amide bonds. The van der Waals surface area contributed by atoms with Gasteiger partial charge in [-0.2, -0.15) is 0 Å². The number of methoxy groups -OCH3 is 1. The maximum absolute atomic E-state index is 5.45. The molecule has 0 spiro atoms. The molecule has 0 bridgehead atoms. The number of ether oxygens (including phenoxy) is 1. The first-order valence-electron chi connectivity index (χ1n) is 10.3. The lowest BCUT2D eigenvalue weighted by Gasteiger charge is -2.56. The van der Waals surface area contributed by atoms with Gasteiger partial charge in [0.15, 0.2) is 0 Å². The first-order chi connectivity index (χ1) is 11.2. The highest BCUT2D eigenvalue weighted by molar-refractivity contribution is 5.09. The van der Waals surface area contributed by atoms with E-state index in [-0.39, 0.29) is 0 Å². The van der Waals surface area contributed by atoms with Crippen molar-refractivity contribution in [2.75, 3.05) is 13.7 Å². The minimum Gasteiger partial charge on any atom is -0.384 e. The molecule has 4 aliphatic carbocycles. The number of rotatable bonds is 3. The van der Waals surface area contributed by atoms with Crippen LogP contribution >= 0.6 is 0 Å². The number of hydrogen-bond donors (Lipinski definition) is 0. The first-order valence-corrected chi connectivity index (χ1v) is 10.3. The minimum absolute atomic E-state index is 0.586. The molecule has 0 heterocycles. The molecule has 0 radical (unpaired) electrons. The Labute approximate surface area is 143 Å². The van der Waals surface area contributed by atoms with Gasteiger partial charge in [-0.3, -0.25) is 0 Å². The lowest BCUT2D eigenvalue weighted by Crippen LogP contribution is -2.48. The van der Waals surface area contributed by atoms with E-state index >= 15 is 0 Å². The predicted molar refractivity (Wildman–Crippen MR) is 96.2 cm³/mol. The van der Waals surface area contributed by atoms with Gasteiger partial charge >= 0.3 is 0 Å². The average molecular weight is 317 g/mol. The van der Waals surface area contributed by atoms with Gasteiger partial charge in [0.05, 0.1) is 0 Å². The molecule has 130 valence electrons. The van der Waals surface area contributed by atoms with Gasteiger partial charge in [0.1, 0.15) is 0 Å². The van der Waals surface area contributed by atoms with Crippen molar-refractivity contribution in [1.29, 1.82) is 0 Å². The van der Waals surface area contributed by atoms with Crippen LogP contribution in [0.5, 0.6) is 0 Å². The summed E-state index contributed by atoms with van der Waals surface area (Å²) in [7, 11) is 1.88. The second-order valence-corrected chi connectivity index (χ2v) is 9.53. The molecule has 1 nitrogen and oxygen atoms in total. The molecule has 4 fully saturated rings. The van der Waals surface area contributed by atoms with Crippen LogP contribution in [0.25, 0.3) is 0 Å². The van der Waals surface area contributed by atoms with Crippen molar-refractivity contribution in [3.63, 3.8) is 0 Å². The van der Waals surface area contributed by atoms with Crippen molar-refractivity contribution >= 4 is 0 Å². The molecule has 4 aliphatic rings. The van der Waals surface area contributed by atoms with Crippen molar-refractivity contribution < 1.29 is 4.74 Å². The van der Waals surface area contributed by atoms with Crippen LogP contribution in [0.15, 0.2) is 12.7 Å². The summed E-state index contributed by atoms with van der Waals surface area (Å²) in [6.45, 7) is 7.77. The number of fused-ring (bicyclic) bond motifs is 5. The molecule has 0 saturated heterocycles. The molecule has 0 aromatic rings. The molecule has 4 saturated carbocycles. The van der Waals surface area contributed by atoms with Gasteiger partial charge in [0.25, 0.3) is 0 Å². The highest BCUT2D eigenvalue weighted by Crippen LogP contribution is 2.64. The fourth-order valence-electron chi connectivity index (χ4n) is 7.77. The summed E-state index contributed by atoms with van der Waals surface area (Å²) in [5.41, 5.74) is 0.586. The largest absolute Gasteiger partial charge is 0.384 e. The molecule has 0 aliphatic heterocycles. The maximum atomic E-state index is 5.45. The summed E-state index contributed by atoms with van der Waals surface area (Å²) in [6.07, 6.45) is 15.6. The van der Waals surface area contributed by atoms with Crippen LogP contribution in [0, 0.1) is 46.8 Å². The molecular weight excluding hydrogens is 280 g/mol. The Morgan fingerprint density at radius 2 is 1.83 bits per heavy atom. The Morgan fingerprint density at radius 1 is 1.00 bits per heavy atom. The van der Waals surface area contributed by atoms with E-state index in [1.807, 2.05) is 7.11 Å². The van der Waals surface area contributed by atoms with E-state index in [4.69, 9.17) is 4.74 Å². The van der Waals surface area contributed by atoms with Crippen LogP contribution in [0.4, 0.5) is 0 Å². The predicted octanol–water partition coefficient (Wildman–Crippen LogP) is 5.70. The summed E-state index contributed by atoms with van der Waals surface area (Å²) < 4.78 is 5.45. The first kappa shape index (κ1) is 16.2. The summed E-state index contributed by atoms with van der Waals surface area (Å²) in [5, 5.41) is 0. The van der Waals surface area contributed by atoms with E-state index in [2.05, 4.69) is 19.6 Å². The van der Waals surface area contributed by atoms with E-state index < -0.39 is 0 Å². The van der Waals surface area contributed by atoms with Gasteiger partial charge in [-0.25, -0.2) is 0 Å². The van der Waals surface area contributed by atoms with Crippen LogP contribution in [0.3, 0.4) is 0 Å². The lowest BCUT2D eigenvalue weighted by atomic mass is 9.49. The molecule has 0 aromatic carbocycles. The smallest absolute Gasteiger partial charge is 0.0490 e. The third-order valence-corrected chi connectivity index (χ3v) is 8.82. The Kier molecular flexibility index (Phi) is 4.37. The second-order valence-electron chi connectivity index (χ2n) is 9.53. The third kappa shape index (κ3) is 2.53. The molecule has 0 aromatic heterocycles. The summed E-state index contributed by atoms with van der Waals surface area (Å²) >= 11 is 0. The van der Waals surface area contributed by atoms with Crippen molar-refractivity contribution in [2.24, 2.45) is 46.8 Å². The fourth-order valence-corrected chi connectivity index (χ4v) is 7.77. The number of allylic oxidation sites excluding steroid dienone is 1. The van der Waals surface area contributed by atoms with Gasteiger partial charge in [0.2, 0.25) is 0 Å². The standard InChI is InChI=1S/C22H36O/c1-4-17-7-10-21-20-9-6-16-13-15(14-23-3)5-8-18(16)19(20)11-12-22(17,21)2/h4,15-21H,1,5-14H2,2-3H3. The molecule has 23 heavy (non-hydrogen) atoms. The van der Waals surface area contributed by atoms with Gasteiger partial charge in [-0.15, -0.1) is 6.58 Å². The van der Waals surface area contributed by atoms with E-state index in [0.29, 0.717) is 5.41 Å². The van der Waals surface area contributed by atoms with Crippen molar-refractivity contribution in [3.05, 3.63) is 12.7 Å². The van der Waals surface area contributed by atoms with E-state index in [1.165, 1.54) is 57.8 Å². The van der Waals surface area contributed by atoms with Gasteiger partial charge in [-0.05, 0) is 105 Å². The minimum atomic E-state index is 0.586. The molecular formula is C22H36O. The summed E-state index contributed by atoms with van der Waals surface area (Å²) in [5.74, 6) is 6.81. The van der Waals surface area contributed by atoms with Crippen molar-refractivity contribution in [1.82, 2.24) is 0 Å². The quantitative estimate of drug-likeness (QED) is 0.606.